The maximum absolute atomic E-state index is 12.9. The lowest BCUT2D eigenvalue weighted by atomic mass is 9.99. The molecule has 0 aliphatic rings. The van der Waals surface area contributed by atoms with Crippen LogP contribution in [0.5, 0.6) is 11.5 Å². The van der Waals surface area contributed by atoms with E-state index >= 15 is 0 Å². The van der Waals surface area contributed by atoms with Gasteiger partial charge in [0.25, 0.3) is 0 Å². The summed E-state index contributed by atoms with van der Waals surface area (Å²) >= 11 is 0. The van der Waals surface area contributed by atoms with Gasteiger partial charge < -0.3 is 15.3 Å². The van der Waals surface area contributed by atoms with Crippen LogP contribution < -0.4 is 15.3 Å². The summed E-state index contributed by atoms with van der Waals surface area (Å²) in [5, 5.41) is 3.71. The van der Waals surface area contributed by atoms with Crippen molar-refractivity contribution in [3.05, 3.63) is 59.7 Å². The van der Waals surface area contributed by atoms with Gasteiger partial charge in [0.15, 0.2) is 0 Å². The van der Waals surface area contributed by atoms with Crippen molar-refractivity contribution >= 4 is 11.5 Å². The molecule has 5 nitrogen and oxygen atoms in total. The molecule has 0 spiro atoms. The monoisotopic (exact) mass is 312 g/mol. The van der Waals surface area contributed by atoms with E-state index in [1.54, 1.807) is 30.3 Å². The van der Waals surface area contributed by atoms with Gasteiger partial charge in [-0.1, -0.05) is 24.3 Å². The van der Waals surface area contributed by atoms with E-state index in [9.17, 15) is 4.79 Å². The first-order valence-electron chi connectivity index (χ1n) is 7.49. The Bertz CT molecular complexity index is 711. The van der Waals surface area contributed by atoms with E-state index in [-0.39, 0.29) is 11.5 Å². The molecule has 0 atom stereocenters. The van der Waals surface area contributed by atoms with Crippen molar-refractivity contribution in [2.75, 3.05) is 13.2 Å². The zero-order valence-corrected chi connectivity index (χ0v) is 13.3. The summed E-state index contributed by atoms with van der Waals surface area (Å²) in [6.07, 6.45) is 0. The molecule has 0 aliphatic carbocycles. The molecule has 120 valence electrons. The maximum Gasteiger partial charge on any atom is 0.217 e. The Morgan fingerprint density at radius 2 is 1.39 bits per heavy atom. The smallest absolute Gasteiger partial charge is 0.217 e. The van der Waals surface area contributed by atoms with Crippen LogP contribution in [0.4, 0.5) is 0 Å². The summed E-state index contributed by atoms with van der Waals surface area (Å²) in [5.74, 6) is 6.28. The van der Waals surface area contributed by atoms with Gasteiger partial charge in [-0.3, -0.25) is 4.79 Å². The van der Waals surface area contributed by atoms with Crippen molar-refractivity contribution in [3.8, 4) is 11.5 Å². The third-order valence-corrected chi connectivity index (χ3v) is 3.22. The fourth-order valence-electron chi connectivity index (χ4n) is 2.26. The van der Waals surface area contributed by atoms with Gasteiger partial charge in [0.2, 0.25) is 5.78 Å². The molecule has 0 radical (unpaired) electrons. The summed E-state index contributed by atoms with van der Waals surface area (Å²) in [5.41, 5.74) is 1.12. The lowest BCUT2D eigenvalue weighted by molar-refractivity contribution is 0.106. The van der Waals surface area contributed by atoms with Crippen LogP contribution in [0.2, 0.25) is 0 Å². The Labute approximate surface area is 135 Å². The number of nitrogens with two attached hydrogens (primary N) is 1. The Morgan fingerprint density at radius 1 is 0.913 bits per heavy atom. The molecule has 0 aliphatic heterocycles. The molecule has 2 N–H and O–H groups in total. The summed E-state index contributed by atoms with van der Waals surface area (Å²) < 4.78 is 11.1. The normalized spacial score (nSPS) is 11.1. The number of rotatable bonds is 7. The Morgan fingerprint density at radius 3 is 1.91 bits per heavy atom. The topological polar surface area (TPSA) is 73.9 Å². The number of Topliss-reactive ketones (excluding diaryl/α,β-unsaturated/α-hetero) is 1. The minimum Gasteiger partial charge on any atom is -0.493 e. The van der Waals surface area contributed by atoms with Crippen LogP contribution in [0.1, 0.15) is 29.8 Å². The molecule has 0 aromatic heterocycles. The average molecular weight is 312 g/mol. The summed E-state index contributed by atoms with van der Waals surface area (Å²) in [7, 11) is 0. The number of ketones is 1. The molecule has 2 aromatic carbocycles. The van der Waals surface area contributed by atoms with Crippen LogP contribution in [0.15, 0.2) is 53.6 Å². The number of benzene rings is 2. The minimum absolute atomic E-state index is 0.140. The van der Waals surface area contributed by atoms with Gasteiger partial charge in [0, 0.05) is 5.56 Å². The molecule has 2 aromatic rings. The quantitative estimate of drug-likeness (QED) is 0.369. The number of hydrogen-bond acceptors (Lipinski definition) is 5. The van der Waals surface area contributed by atoms with Gasteiger partial charge in [0.05, 0.1) is 18.8 Å². The molecule has 0 fully saturated rings. The molecule has 0 bridgehead atoms. The van der Waals surface area contributed by atoms with Crippen molar-refractivity contribution < 1.29 is 14.3 Å². The fourth-order valence-corrected chi connectivity index (χ4v) is 2.26. The zero-order chi connectivity index (χ0) is 16.7. The van der Waals surface area contributed by atoms with Crippen LogP contribution in [-0.4, -0.2) is 24.7 Å². The molecule has 2 rings (SSSR count). The number of nitrogens with zero attached hydrogens (tertiary/aromatic N) is 1. The highest BCUT2D eigenvalue weighted by atomic mass is 16.5. The predicted molar refractivity (Wildman–Crippen MR) is 90.3 cm³/mol. The van der Waals surface area contributed by atoms with Crippen molar-refractivity contribution in [3.63, 3.8) is 0 Å². The average Bonchev–Trinajstić information content (AvgIpc) is 2.58. The number of carbonyl (C=O) groups is 1. The second-order valence-electron chi connectivity index (χ2n) is 4.67. The van der Waals surface area contributed by atoms with E-state index in [2.05, 4.69) is 5.10 Å². The van der Waals surface area contributed by atoms with Crippen LogP contribution in [0.25, 0.3) is 0 Å². The molecule has 0 saturated heterocycles. The van der Waals surface area contributed by atoms with Crippen LogP contribution in [0, 0.1) is 0 Å². The lowest BCUT2D eigenvalue weighted by Crippen LogP contribution is -2.20. The number of ether oxygens (including phenoxy) is 2. The number of carbonyl (C=O) groups excluding carboxylic acids is 1. The van der Waals surface area contributed by atoms with Gasteiger partial charge in [-0.25, -0.2) is 0 Å². The van der Waals surface area contributed by atoms with Crippen LogP contribution in [-0.2, 0) is 0 Å². The first-order valence-corrected chi connectivity index (χ1v) is 7.49. The molecule has 0 saturated carbocycles. The summed E-state index contributed by atoms with van der Waals surface area (Å²) in [6, 6.07) is 14.2. The predicted octanol–water partition coefficient (Wildman–Crippen LogP) is 3.03. The van der Waals surface area contributed by atoms with Gasteiger partial charge in [0.1, 0.15) is 17.2 Å². The third kappa shape index (κ3) is 3.69. The van der Waals surface area contributed by atoms with Crippen molar-refractivity contribution in [2.45, 2.75) is 13.8 Å². The standard InChI is InChI=1S/C18H20N2O3/c1-3-22-15-11-7-5-9-13(15)17(20-19)18(21)14-10-6-8-12-16(14)23-4-2/h5-12H,3-4,19H2,1-2H3. The van der Waals surface area contributed by atoms with Crippen molar-refractivity contribution in [1.29, 1.82) is 0 Å². The van der Waals surface area contributed by atoms with E-state index < -0.39 is 0 Å². The van der Waals surface area contributed by atoms with E-state index in [1.165, 1.54) is 0 Å². The van der Waals surface area contributed by atoms with Gasteiger partial charge in [-0.2, -0.15) is 5.10 Å². The van der Waals surface area contributed by atoms with Gasteiger partial charge >= 0.3 is 0 Å². The Balaban J connectivity index is 2.45. The molecule has 0 amide bonds. The number of hydrogen-bond donors (Lipinski definition) is 1. The molecule has 0 heterocycles. The second kappa shape index (κ2) is 7.98. The highest BCUT2D eigenvalue weighted by Crippen LogP contribution is 2.24. The molecule has 23 heavy (non-hydrogen) atoms. The third-order valence-electron chi connectivity index (χ3n) is 3.22. The first-order chi connectivity index (χ1) is 11.2. The van der Waals surface area contributed by atoms with Gasteiger partial charge in [-0.15, -0.1) is 0 Å². The largest absolute Gasteiger partial charge is 0.493 e. The fraction of sp³-hybridized carbons (Fsp3) is 0.222. The highest BCUT2D eigenvalue weighted by molar-refractivity contribution is 6.52. The lowest BCUT2D eigenvalue weighted by Gasteiger charge is -2.13. The molecule has 0 unspecified atom stereocenters. The summed E-state index contributed by atoms with van der Waals surface area (Å²) in [6.45, 7) is 4.69. The van der Waals surface area contributed by atoms with E-state index in [0.717, 1.165) is 0 Å². The van der Waals surface area contributed by atoms with E-state index in [4.69, 9.17) is 15.3 Å². The number of para-hydroxylation sites is 2. The Hall–Kier alpha value is -2.82. The van der Waals surface area contributed by atoms with Crippen LogP contribution >= 0.6 is 0 Å². The van der Waals surface area contributed by atoms with Crippen molar-refractivity contribution in [2.24, 2.45) is 10.9 Å². The summed E-state index contributed by atoms with van der Waals surface area (Å²) in [4.78, 5) is 12.9. The SMILES string of the molecule is CCOc1ccccc1C(=O)C(=NN)c1ccccc1OCC. The maximum atomic E-state index is 12.9. The van der Waals surface area contributed by atoms with Crippen molar-refractivity contribution in [1.82, 2.24) is 0 Å². The first kappa shape index (κ1) is 16.5. The highest BCUT2D eigenvalue weighted by Gasteiger charge is 2.22. The van der Waals surface area contributed by atoms with E-state index in [0.29, 0.717) is 35.8 Å². The van der Waals surface area contributed by atoms with E-state index in [1.807, 2.05) is 32.0 Å². The van der Waals surface area contributed by atoms with Gasteiger partial charge in [-0.05, 0) is 38.1 Å². The Kier molecular flexibility index (Phi) is 5.74. The van der Waals surface area contributed by atoms with Crippen LogP contribution in [0.3, 0.4) is 0 Å². The molecule has 5 heteroatoms. The second-order valence-corrected chi connectivity index (χ2v) is 4.67. The zero-order valence-electron chi connectivity index (χ0n) is 13.3. The molecular weight excluding hydrogens is 292 g/mol. The number of hydrazone groups is 1. The minimum atomic E-state index is -0.302. The molecular formula is C18H20N2O3.